The Labute approximate surface area is 270 Å². The molecule has 0 aliphatic carbocycles. The van der Waals surface area contributed by atoms with Crippen LogP contribution >= 0.6 is 11.6 Å². The first-order valence-electron chi connectivity index (χ1n) is 15.1. The van der Waals surface area contributed by atoms with Gasteiger partial charge in [-0.3, -0.25) is 4.68 Å². The van der Waals surface area contributed by atoms with Gasteiger partial charge in [0.2, 0.25) is 5.95 Å². The van der Waals surface area contributed by atoms with Crippen molar-refractivity contribution in [1.29, 1.82) is 0 Å². The second-order valence-electron chi connectivity index (χ2n) is 12.5. The van der Waals surface area contributed by atoms with Crippen LogP contribution in [0.4, 0.5) is 5.95 Å². The Bertz CT molecular complexity index is 1860. The lowest BCUT2D eigenvalue weighted by Gasteiger charge is -2.44. The zero-order chi connectivity index (χ0) is 31.8. The zero-order valence-electron chi connectivity index (χ0n) is 26.5. The second-order valence-corrected chi connectivity index (χ2v) is 17.2. The normalized spacial score (nSPS) is 12.9. The van der Waals surface area contributed by atoms with E-state index in [1.54, 1.807) is 15.4 Å². The van der Waals surface area contributed by atoms with Crippen molar-refractivity contribution in [3.8, 4) is 22.5 Å². The van der Waals surface area contributed by atoms with Gasteiger partial charge in [-0.15, -0.1) is 5.10 Å². The molecule has 3 heterocycles. The summed E-state index contributed by atoms with van der Waals surface area (Å²) in [5.41, 5.74) is 3.92. The highest BCUT2D eigenvalue weighted by Crippen LogP contribution is 2.37. The van der Waals surface area contributed by atoms with Gasteiger partial charge < -0.3 is 9.33 Å². The van der Waals surface area contributed by atoms with Crippen molar-refractivity contribution in [2.24, 2.45) is 7.05 Å². The highest BCUT2D eigenvalue weighted by Gasteiger charge is 2.50. The summed E-state index contributed by atoms with van der Waals surface area (Å²) in [6.45, 7) is 9.54. The highest BCUT2D eigenvalue weighted by molar-refractivity contribution is 6.99. The summed E-state index contributed by atoms with van der Waals surface area (Å²) >= 11 is 6.17. The van der Waals surface area contributed by atoms with E-state index in [1.165, 1.54) is 10.4 Å². The van der Waals surface area contributed by atoms with Crippen LogP contribution in [0.15, 0.2) is 104 Å². The Morgan fingerprint density at radius 2 is 1.49 bits per heavy atom. The van der Waals surface area contributed by atoms with E-state index in [1.807, 2.05) is 50.8 Å². The van der Waals surface area contributed by atoms with E-state index >= 15 is 0 Å². The molecule has 230 valence electrons. The number of hydrogen-bond donors (Lipinski definition) is 0. The first kappa shape index (κ1) is 30.7. The smallest absolute Gasteiger partial charge is 0.261 e. The van der Waals surface area contributed by atoms with Crippen molar-refractivity contribution in [3.05, 3.63) is 109 Å². The molecule has 0 amide bonds. The summed E-state index contributed by atoms with van der Waals surface area (Å²) in [5, 5.41) is 12.4. The van der Waals surface area contributed by atoms with Crippen molar-refractivity contribution < 1.29 is 4.43 Å². The van der Waals surface area contributed by atoms with Gasteiger partial charge in [0.1, 0.15) is 5.69 Å². The van der Waals surface area contributed by atoms with Gasteiger partial charge in [0.25, 0.3) is 8.32 Å². The lowest BCUT2D eigenvalue weighted by Crippen LogP contribution is -2.67. The van der Waals surface area contributed by atoms with Crippen LogP contribution < -0.4 is 15.3 Å². The average Bonchev–Trinajstić information content (AvgIpc) is 3.67. The third-order valence-corrected chi connectivity index (χ3v) is 13.6. The van der Waals surface area contributed by atoms with Crippen LogP contribution in [0, 0.1) is 0 Å². The fraction of sp³-hybridized carbons (Fsp3) is 0.257. The monoisotopic (exact) mass is 635 g/mol. The van der Waals surface area contributed by atoms with E-state index in [2.05, 4.69) is 98.4 Å². The number of aromatic nitrogens is 6. The number of fused-ring (bicyclic) bond motifs is 1. The quantitative estimate of drug-likeness (QED) is 0.175. The van der Waals surface area contributed by atoms with E-state index < -0.39 is 8.32 Å². The van der Waals surface area contributed by atoms with Crippen molar-refractivity contribution in [2.45, 2.75) is 38.8 Å². The largest absolute Gasteiger partial charge is 0.405 e. The van der Waals surface area contributed by atoms with E-state index in [-0.39, 0.29) is 11.1 Å². The summed E-state index contributed by atoms with van der Waals surface area (Å²) in [6, 6.07) is 29.0. The number of benzene rings is 3. The molecule has 0 aliphatic heterocycles. The van der Waals surface area contributed by atoms with Crippen molar-refractivity contribution in [1.82, 2.24) is 29.4 Å². The van der Waals surface area contributed by atoms with Gasteiger partial charge in [0, 0.05) is 36.4 Å². The van der Waals surface area contributed by atoms with Gasteiger partial charge in [0.15, 0.2) is 5.65 Å². The standard InChI is InChI=1S/C35H38ClN7OSi/c1-25(24-44-45(35(2,3)4,29-13-9-7-10-14-29)30-15-11-8-12-16-30)42(6)34-39-33-32(27-21-37-41(5)22-27)38-31(23-43(33)40-34)26-17-19-28(36)20-18-26/h7-23,25H,24H2,1-6H3/t25-/m0/s1. The minimum atomic E-state index is -2.69. The molecule has 0 spiro atoms. The molecule has 3 aromatic heterocycles. The number of likely N-dealkylation sites (N-methyl/N-ethyl adjacent to an activating group) is 1. The summed E-state index contributed by atoms with van der Waals surface area (Å²) in [4.78, 5) is 12.1. The van der Waals surface area contributed by atoms with Crippen molar-refractivity contribution in [3.63, 3.8) is 0 Å². The summed E-state index contributed by atoms with van der Waals surface area (Å²) in [7, 11) is 1.22. The average molecular weight is 636 g/mol. The molecule has 8 nitrogen and oxygen atoms in total. The number of hydrogen-bond acceptors (Lipinski definition) is 6. The van der Waals surface area contributed by atoms with Gasteiger partial charge in [-0.2, -0.15) is 10.1 Å². The van der Waals surface area contributed by atoms with Gasteiger partial charge in [0.05, 0.1) is 30.7 Å². The first-order valence-corrected chi connectivity index (χ1v) is 17.4. The minimum Gasteiger partial charge on any atom is -0.405 e. The molecule has 6 aromatic rings. The summed E-state index contributed by atoms with van der Waals surface area (Å²) in [5.74, 6) is 0.591. The molecule has 6 rings (SSSR count). The van der Waals surface area contributed by atoms with E-state index in [9.17, 15) is 0 Å². The van der Waals surface area contributed by atoms with Crippen LogP contribution in [0.1, 0.15) is 27.7 Å². The predicted molar refractivity (Wildman–Crippen MR) is 185 cm³/mol. The molecule has 10 heteroatoms. The maximum Gasteiger partial charge on any atom is 0.261 e. The number of rotatable bonds is 9. The Morgan fingerprint density at radius 3 is 2.04 bits per heavy atom. The summed E-state index contributed by atoms with van der Waals surface area (Å²) in [6.07, 6.45) is 5.64. The molecule has 0 fully saturated rings. The van der Waals surface area contributed by atoms with Crippen LogP contribution in [0.3, 0.4) is 0 Å². The fourth-order valence-electron chi connectivity index (χ4n) is 5.84. The fourth-order valence-corrected chi connectivity index (χ4v) is 10.6. The van der Waals surface area contributed by atoms with Crippen LogP contribution in [0.25, 0.3) is 28.2 Å². The Balaban J connectivity index is 1.36. The maximum absolute atomic E-state index is 7.23. The van der Waals surface area contributed by atoms with Gasteiger partial charge in [-0.05, 0) is 34.5 Å². The van der Waals surface area contributed by atoms with E-state index in [0.29, 0.717) is 28.9 Å². The molecule has 0 aliphatic rings. The molecule has 1 atom stereocenters. The number of anilines is 1. The third-order valence-electron chi connectivity index (χ3n) is 8.36. The van der Waals surface area contributed by atoms with Crippen LogP contribution in [-0.2, 0) is 11.5 Å². The first-order chi connectivity index (χ1) is 21.6. The number of aryl methyl sites for hydroxylation is 1. The molecule has 0 unspecified atom stereocenters. The van der Waals surface area contributed by atoms with Gasteiger partial charge in [-0.1, -0.05) is 105 Å². The lowest BCUT2D eigenvalue weighted by atomic mass is 10.1. The summed E-state index contributed by atoms with van der Waals surface area (Å²) < 4.78 is 10.8. The predicted octanol–water partition coefficient (Wildman–Crippen LogP) is 6.25. The molecule has 45 heavy (non-hydrogen) atoms. The molecule has 0 N–H and O–H groups in total. The SMILES string of the molecule is C[C@@H](CO[Si](c1ccccc1)(c1ccccc1)C(C)(C)C)N(C)c1nc2c(-c3cnn(C)c3)nc(-c3ccc(Cl)cc3)cn2n1. The van der Waals surface area contributed by atoms with Crippen LogP contribution in [0.2, 0.25) is 10.1 Å². The Morgan fingerprint density at radius 1 is 0.867 bits per heavy atom. The lowest BCUT2D eigenvalue weighted by molar-refractivity contribution is 0.274. The molecular weight excluding hydrogens is 598 g/mol. The van der Waals surface area contributed by atoms with E-state index in [4.69, 9.17) is 31.1 Å². The minimum absolute atomic E-state index is 0.0189. The van der Waals surface area contributed by atoms with E-state index in [0.717, 1.165) is 16.8 Å². The van der Waals surface area contributed by atoms with Crippen LogP contribution in [0.5, 0.6) is 0 Å². The molecule has 0 saturated carbocycles. The van der Waals surface area contributed by atoms with Gasteiger partial charge >= 0.3 is 0 Å². The van der Waals surface area contributed by atoms with Gasteiger partial charge in [-0.25, -0.2) is 9.50 Å². The van der Waals surface area contributed by atoms with Crippen LogP contribution in [-0.4, -0.2) is 57.4 Å². The zero-order valence-corrected chi connectivity index (χ0v) is 28.3. The Hall–Kier alpha value is -4.31. The number of nitrogens with zero attached hydrogens (tertiary/aromatic N) is 7. The van der Waals surface area contributed by atoms with Crippen molar-refractivity contribution >= 4 is 41.9 Å². The molecule has 0 radical (unpaired) electrons. The highest BCUT2D eigenvalue weighted by atomic mass is 35.5. The molecular formula is C35H38ClN7OSi. The topological polar surface area (TPSA) is 73.4 Å². The Kier molecular flexibility index (Phi) is 8.34. The number of halogens is 1. The molecule has 0 saturated heterocycles. The maximum atomic E-state index is 7.23. The second kappa shape index (κ2) is 12.2. The third kappa shape index (κ3) is 5.91. The van der Waals surface area contributed by atoms with Crippen molar-refractivity contribution in [2.75, 3.05) is 18.6 Å². The molecule has 3 aromatic carbocycles. The molecule has 0 bridgehead atoms.